The quantitative estimate of drug-likeness (QED) is 0.811. The average Bonchev–Trinajstić information content (AvgIpc) is 2.67. The van der Waals surface area contributed by atoms with Crippen molar-refractivity contribution in [2.75, 3.05) is 31.5 Å². The van der Waals surface area contributed by atoms with Crippen molar-refractivity contribution >= 4 is 40.7 Å². The molecule has 0 saturated carbocycles. The van der Waals surface area contributed by atoms with Gasteiger partial charge in [-0.3, -0.25) is 14.5 Å². The average molecular weight is 420 g/mol. The Morgan fingerprint density at radius 1 is 1.04 bits per heavy atom. The van der Waals surface area contributed by atoms with Crippen LogP contribution in [0.15, 0.2) is 42.5 Å². The standard InChI is InChI=1S/C21H23Cl2N3O2/c1-14-4-3-5-17(12-14)24-20(27)15(2)25-8-10-26(11-9-25)21(28)18-7-6-16(22)13-19(18)23/h3-7,12-13,15H,8-11H2,1-2H3,(H,24,27). The number of carbonyl (C=O) groups is 2. The van der Waals surface area contributed by atoms with Gasteiger partial charge in [0.2, 0.25) is 5.91 Å². The van der Waals surface area contributed by atoms with Gasteiger partial charge in [0.1, 0.15) is 0 Å². The van der Waals surface area contributed by atoms with Crippen molar-refractivity contribution < 1.29 is 9.59 Å². The number of piperazine rings is 1. The molecule has 7 heteroatoms. The lowest BCUT2D eigenvalue weighted by Crippen LogP contribution is -2.54. The Balaban J connectivity index is 1.56. The summed E-state index contributed by atoms with van der Waals surface area (Å²) in [6.45, 7) is 6.21. The summed E-state index contributed by atoms with van der Waals surface area (Å²) in [7, 11) is 0. The van der Waals surface area contributed by atoms with Crippen LogP contribution in [0.25, 0.3) is 0 Å². The maximum Gasteiger partial charge on any atom is 0.255 e. The molecule has 1 atom stereocenters. The third kappa shape index (κ3) is 4.85. The molecule has 3 rings (SSSR count). The Bertz CT molecular complexity index is 880. The monoisotopic (exact) mass is 419 g/mol. The van der Waals surface area contributed by atoms with Crippen LogP contribution in [0.5, 0.6) is 0 Å². The number of rotatable bonds is 4. The van der Waals surface area contributed by atoms with Crippen LogP contribution < -0.4 is 5.32 Å². The number of anilines is 1. The first-order valence-electron chi connectivity index (χ1n) is 9.21. The molecule has 1 heterocycles. The molecule has 1 fully saturated rings. The molecule has 0 aliphatic carbocycles. The van der Waals surface area contributed by atoms with Gasteiger partial charge in [0.25, 0.3) is 5.91 Å². The van der Waals surface area contributed by atoms with Crippen molar-refractivity contribution in [3.05, 3.63) is 63.6 Å². The minimum absolute atomic E-state index is 0.0499. The van der Waals surface area contributed by atoms with E-state index in [2.05, 4.69) is 10.2 Å². The molecular weight excluding hydrogens is 397 g/mol. The number of carbonyl (C=O) groups excluding carboxylic acids is 2. The summed E-state index contributed by atoms with van der Waals surface area (Å²) in [6, 6.07) is 12.3. The summed E-state index contributed by atoms with van der Waals surface area (Å²) in [5.74, 6) is -0.163. The van der Waals surface area contributed by atoms with Crippen molar-refractivity contribution in [3.63, 3.8) is 0 Å². The SMILES string of the molecule is Cc1cccc(NC(=O)C(C)N2CCN(C(=O)c3ccc(Cl)cc3Cl)CC2)c1. The first kappa shape index (κ1) is 20.6. The molecule has 0 bridgehead atoms. The van der Waals surface area contributed by atoms with Gasteiger partial charge < -0.3 is 10.2 Å². The minimum atomic E-state index is -0.281. The number of hydrogen-bond donors (Lipinski definition) is 1. The molecule has 0 spiro atoms. The van der Waals surface area contributed by atoms with E-state index in [1.165, 1.54) is 0 Å². The largest absolute Gasteiger partial charge is 0.336 e. The summed E-state index contributed by atoms with van der Waals surface area (Å²) in [6.07, 6.45) is 0. The van der Waals surface area contributed by atoms with Crippen molar-refractivity contribution in [2.45, 2.75) is 19.9 Å². The van der Waals surface area contributed by atoms with E-state index in [9.17, 15) is 9.59 Å². The Hall–Kier alpha value is -2.08. The lowest BCUT2D eigenvalue weighted by molar-refractivity contribution is -0.121. The zero-order chi connectivity index (χ0) is 20.3. The van der Waals surface area contributed by atoms with E-state index in [0.29, 0.717) is 41.8 Å². The number of amides is 2. The smallest absolute Gasteiger partial charge is 0.255 e. The van der Waals surface area contributed by atoms with Gasteiger partial charge in [-0.15, -0.1) is 0 Å². The molecule has 2 aromatic rings. The van der Waals surface area contributed by atoms with E-state index in [1.54, 1.807) is 23.1 Å². The summed E-state index contributed by atoms with van der Waals surface area (Å²) in [5, 5.41) is 3.81. The highest BCUT2D eigenvalue weighted by molar-refractivity contribution is 6.36. The zero-order valence-electron chi connectivity index (χ0n) is 15.9. The minimum Gasteiger partial charge on any atom is -0.336 e. The first-order chi connectivity index (χ1) is 13.3. The number of nitrogens with one attached hydrogen (secondary N) is 1. The summed E-state index contributed by atoms with van der Waals surface area (Å²) in [5.41, 5.74) is 2.34. The molecule has 1 aliphatic heterocycles. The molecule has 1 unspecified atom stereocenters. The fourth-order valence-corrected chi connectivity index (χ4v) is 3.77. The summed E-state index contributed by atoms with van der Waals surface area (Å²) in [4.78, 5) is 29.1. The second kappa shape index (κ2) is 8.95. The van der Waals surface area contributed by atoms with Gasteiger partial charge in [0, 0.05) is 36.9 Å². The van der Waals surface area contributed by atoms with Crippen LogP contribution >= 0.6 is 23.2 Å². The third-order valence-electron chi connectivity index (χ3n) is 4.98. The highest BCUT2D eigenvalue weighted by Crippen LogP contribution is 2.23. The normalized spacial score (nSPS) is 15.9. The fourth-order valence-electron chi connectivity index (χ4n) is 3.28. The Labute approximate surface area is 175 Å². The Morgan fingerprint density at radius 3 is 2.39 bits per heavy atom. The topological polar surface area (TPSA) is 52.7 Å². The molecule has 1 aliphatic rings. The maximum atomic E-state index is 12.7. The number of benzene rings is 2. The van der Waals surface area contributed by atoms with Gasteiger partial charge in [-0.1, -0.05) is 35.3 Å². The van der Waals surface area contributed by atoms with E-state index in [4.69, 9.17) is 23.2 Å². The molecule has 1 N–H and O–H groups in total. The van der Waals surface area contributed by atoms with Crippen LogP contribution in [0.2, 0.25) is 10.0 Å². The number of aryl methyl sites for hydroxylation is 1. The maximum absolute atomic E-state index is 12.7. The van der Waals surface area contributed by atoms with Crippen LogP contribution in [0.3, 0.4) is 0 Å². The number of nitrogens with zero attached hydrogens (tertiary/aromatic N) is 2. The predicted molar refractivity (Wildman–Crippen MR) is 113 cm³/mol. The van der Waals surface area contributed by atoms with Crippen LogP contribution in [0.1, 0.15) is 22.8 Å². The molecule has 1 saturated heterocycles. The van der Waals surface area contributed by atoms with Crippen molar-refractivity contribution in [1.29, 1.82) is 0 Å². The van der Waals surface area contributed by atoms with Crippen LogP contribution in [-0.2, 0) is 4.79 Å². The fraction of sp³-hybridized carbons (Fsp3) is 0.333. The Kier molecular flexibility index (Phi) is 6.60. The third-order valence-corrected chi connectivity index (χ3v) is 5.52. The summed E-state index contributed by atoms with van der Waals surface area (Å²) >= 11 is 12.1. The lowest BCUT2D eigenvalue weighted by atomic mass is 10.1. The van der Waals surface area contributed by atoms with E-state index >= 15 is 0 Å². The van der Waals surface area contributed by atoms with Gasteiger partial charge in [0.15, 0.2) is 0 Å². The molecule has 2 aromatic carbocycles. The van der Waals surface area contributed by atoms with Gasteiger partial charge >= 0.3 is 0 Å². The molecule has 5 nitrogen and oxygen atoms in total. The number of halogens is 2. The molecule has 2 amide bonds. The Morgan fingerprint density at radius 2 is 1.75 bits per heavy atom. The van der Waals surface area contributed by atoms with E-state index in [0.717, 1.165) is 11.3 Å². The van der Waals surface area contributed by atoms with Gasteiger partial charge in [-0.2, -0.15) is 0 Å². The van der Waals surface area contributed by atoms with Crippen LogP contribution in [0, 0.1) is 6.92 Å². The van der Waals surface area contributed by atoms with Crippen molar-refractivity contribution in [1.82, 2.24) is 9.80 Å². The van der Waals surface area contributed by atoms with E-state index < -0.39 is 0 Å². The molecule has 0 aromatic heterocycles. The van der Waals surface area contributed by atoms with Crippen LogP contribution in [-0.4, -0.2) is 53.8 Å². The van der Waals surface area contributed by atoms with E-state index in [-0.39, 0.29) is 17.9 Å². The molecule has 28 heavy (non-hydrogen) atoms. The van der Waals surface area contributed by atoms with Crippen molar-refractivity contribution in [2.24, 2.45) is 0 Å². The number of hydrogen-bond acceptors (Lipinski definition) is 3. The first-order valence-corrected chi connectivity index (χ1v) is 9.96. The van der Waals surface area contributed by atoms with E-state index in [1.807, 2.05) is 38.1 Å². The van der Waals surface area contributed by atoms with Gasteiger partial charge in [-0.05, 0) is 49.7 Å². The second-order valence-electron chi connectivity index (χ2n) is 6.99. The highest BCUT2D eigenvalue weighted by Gasteiger charge is 2.28. The van der Waals surface area contributed by atoms with Gasteiger partial charge in [-0.25, -0.2) is 0 Å². The molecular formula is C21H23Cl2N3O2. The molecule has 148 valence electrons. The predicted octanol–water partition coefficient (Wildman–Crippen LogP) is 4.09. The highest BCUT2D eigenvalue weighted by atomic mass is 35.5. The second-order valence-corrected chi connectivity index (χ2v) is 7.83. The zero-order valence-corrected chi connectivity index (χ0v) is 17.4. The molecule has 0 radical (unpaired) electrons. The van der Waals surface area contributed by atoms with Crippen LogP contribution in [0.4, 0.5) is 5.69 Å². The lowest BCUT2D eigenvalue weighted by Gasteiger charge is -2.37. The van der Waals surface area contributed by atoms with Gasteiger partial charge in [0.05, 0.1) is 16.6 Å². The van der Waals surface area contributed by atoms with Crippen molar-refractivity contribution in [3.8, 4) is 0 Å². The summed E-state index contributed by atoms with van der Waals surface area (Å²) < 4.78 is 0.